The van der Waals surface area contributed by atoms with Crippen molar-refractivity contribution in [1.82, 2.24) is 0 Å². The van der Waals surface area contributed by atoms with Crippen molar-refractivity contribution >= 4 is 15.9 Å². The molecule has 0 aromatic heterocycles. The summed E-state index contributed by atoms with van der Waals surface area (Å²) < 4.78 is 35.2. The minimum Gasteiger partial charge on any atom is -0.171 e. The Hall–Kier alpha value is 0.01000. The average molecular weight is 259 g/mol. The third-order valence-electron chi connectivity index (χ3n) is 1.63. The van der Waals surface area contributed by atoms with Crippen LogP contribution in [0.3, 0.4) is 0 Å². The van der Waals surface area contributed by atoms with Crippen LogP contribution in [0.1, 0.15) is 32.6 Å². The van der Waals surface area contributed by atoms with Gasteiger partial charge in [0.1, 0.15) is 0 Å². The number of hydrogen-bond acceptors (Lipinski definition) is 0. The Bertz CT molecular complexity index is 161. The van der Waals surface area contributed by atoms with Crippen LogP contribution in [-0.2, 0) is 0 Å². The van der Waals surface area contributed by atoms with Crippen LogP contribution >= 0.6 is 15.9 Å². The minimum absolute atomic E-state index is 0.202. The second kappa shape index (κ2) is 6.46. The van der Waals surface area contributed by atoms with E-state index in [1.807, 2.05) is 13.0 Å². The molecule has 0 aliphatic heterocycles. The van der Waals surface area contributed by atoms with Crippen LogP contribution in [0.5, 0.6) is 0 Å². The van der Waals surface area contributed by atoms with Crippen LogP contribution in [0.25, 0.3) is 0 Å². The molecule has 0 aliphatic rings. The Kier molecular flexibility index (Phi) is 6.47. The smallest absolute Gasteiger partial charge is 0.171 e. The first kappa shape index (κ1) is 13.0. The summed E-state index contributed by atoms with van der Waals surface area (Å²) in [6.45, 7) is 1.87. The zero-order valence-corrected chi connectivity index (χ0v) is 9.21. The zero-order chi connectivity index (χ0) is 10.3. The van der Waals surface area contributed by atoms with Crippen LogP contribution in [0.2, 0.25) is 0 Å². The summed E-state index contributed by atoms with van der Waals surface area (Å²) in [5, 5.41) is 0.865. The highest BCUT2D eigenvalue weighted by Gasteiger charge is 2.25. The lowest BCUT2D eigenvalue weighted by Crippen LogP contribution is -2.06. The summed E-state index contributed by atoms with van der Waals surface area (Å²) in [6, 6.07) is 0. The number of alkyl halides is 4. The predicted molar refractivity (Wildman–Crippen MR) is 52.1 cm³/mol. The normalized spacial score (nSPS) is 13.5. The van der Waals surface area contributed by atoms with E-state index in [1.54, 1.807) is 0 Å². The average Bonchev–Trinajstić information content (AvgIpc) is 1.98. The lowest BCUT2D eigenvalue weighted by atomic mass is 10.1. The molecule has 0 aromatic rings. The molecule has 78 valence electrons. The van der Waals surface area contributed by atoms with E-state index < -0.39 is 12.6 Å². The number of halogens is 4. The van der Waals surface area contributed by atoms with Crippen molar-refractivity contribution in [1.29, 1.82) is 0 Å². The minimum atomic E-state index is -4.00. The van der Waals surface area contributed by atoms with E-state index in [0.717, 1.165) is 17.3 Å². The van der Waals surface area contributed by atoms with Gasteiger partial charge in [0, 0.05) is 11.8 Å². The summed E-state index contributed by atoms with van der Waals surface area (Å²) in [5.41, 5.74) is 1.05. The SMILES string of the molecule is CC(=CCCBr)CCCC(F)(F)F. The molecule has 0 rings (SSSR count). The third-order valence-corrected chi connectivity index (χ3v) is 2.09. The van der Waals surface area contributed by atoms with Crippen molar-refractivity contribution in [3.63, 3.8) is 0 Å². The monoisotopic (exact) mass is 258 g/mol. The molecule has 0 heterocycles. The maximum Gasteiger partial charge on any atom is 0.389 e. The zero-order valence-electron chi connectivity index (χ0n) is 7.62. The highest BCUT2D eigenvalue weighted by Crippen LogP contribution is 2.23. The van der Waals surface area contributed by atoms with Crippen molar-refractivity contribution in [3.8, 4) is 0 Å². The summed E-state index contributed by atoms with van der Waals surface area (Å²) in [6.07, 6.45) is -1.06. The lowest BCUT2D eigenvalue weighted by Gasteiger charge is -2.05. The van der Waals surface area contributed by atoms with Gasteiger partial charge in [0.05, 0.1) is 0 Å². The van der Waals surface area contributed by atoms with Gasteiger partial charge < -0.3 is 0 Å². The first-order valence-corrected chi connectivity index (χ1v) is 5.36. The highest BCUT2D eigenvalue weighted by molar-refractivity contribution is 9.09. The predicted octanol–water partition coefficient (Wildman–Crippen LogP) is 4.45. The van der Waals surface area contributed by atoms with E-state index in [2.05, 4.69) is 15.9 Å². The standard InChI is InChI=1S/C9H14BrF3/c1-8(5-3-7-10)4-2-6-9(11,12)13/h5H,2-4,6-7H2,1H3. The molecule has 0 aromatic carbocycles. The van der Waals surface area contributed by atoms with Gasteiger partial charge >= 0.3 is 6.18 Å². The molecule has 0 unspecified atom stereocenters. The molecule has 13 heavy (non-hydrogen) atoms. The summed E-state index contributed by atoms with van der Waals surface area (Å²) >= 11 is 3.25. The molecule has 0 atom stereocenters. The fourth-order valence-corrected chi connectivity index (χ4v) is 1.20. The molecule has 0 fully saturated rings. The van der Waals surface area contributed by atoms with Gasteiger partial charge in [-0.2, -0.15) is 13.2 Å². The van der Waals surface area contributed by atoms with E-state index in [-0.39, 0.29) is 6.42 Å². The van der Waals surface area contributed by atoms with Crippen LogP contribution < -0.4 is 0 Å². The molecule has 0 bridgehead atoms. The number of hydrogen-bond donors (Lipinski definition) is 0. The van der Waals surface area contributed by atoms with E-state index in [4.69, 9.17) is 0 Å². The molecule has 0 saturated heterocycles. The van der Waals surface area contributed by atoms with Gasteiger partial charge in [-0.05, 0) is 26.2 Å². The molecule has 0 amide bonds. The summed E-state index contributed by atoms with van der Waals surface area (Å²) in [5.74, 6) is 0. The Morgan fingerprint density at radius 3 is 2.46 bits per heavy atom. The maximum absolute atomic E-state index is 11.7. The Morgan fingerprint density at radius 1 is 1.38 bits per heavy atom. The van der Waals surface area contributed by atoms with E-state index in [9.17, 15) is 13.2 Å². The quantitative estimate of drug-likeness (QED) is 0.505. The molecule has 0 saturated carbocycles. The fourth-order valence-electron chi connectivity index (χ4n) is 0.971. The van der Waals surface area contributed by atoms with E-state index >= 15 is 0 Å². The Balaban J connectivity index is 3.53. The van der Waals surface area contributed by atoms with Gasteiger partial charge in [0.25, 0.3) is 0 Å². The van der Waals surface area contributed by atoms with Crippen molar-refractivity contribution in [2.75, 3.05) is 5.33 Å². The molecular weight excluding hydrogens is 245 g/mol. The van der Waals surface area contributed by atoms with Crippen LogP contribution in [0.4, 0.5) is 13.2 Å². The second-order valence-electron chi connectivity index (χ2n) is 3.00. The number of rotatable bonds is 5. The maximum atomic E-state index is 11.7. The van der Waals surface area contributed by atoms with Gasteiger partial charge in [-0.25, -0.2) is 0 Å². The molecule has 0 spiro atoms. The van der Waals surface area contributed by atoms with Gasteiger partial charge in [0.15, 0.2) is 0 Å². The van der Waals surface area contributed by atoms with Gasteiger partial charge in [-0.3, -0.25) is 0 Å². The molecule has 4 heteroatoms. The van der Waals surface area contributed by atoms with E-state index in [1.165, 1.54) is 0 Å². The van der Waals surface area contributed by atoms with Gasteiger partial charge in [0.2, 0.25) is 0 Å². The molecule has 0 N–H and O–H groups in total. The topological polar surface area (TPSA) is 0 Å². The highest BCUT2D eigenvalue weighted by atomic mass is 79.9. The lowest BCUT2D eigenvalue weighted by molar-refractivity contribution is -0.135. The first-order valence-electron chi connectivity index (χ1n) is 4.24. The number of allylic oxidation sites excluding steroid dienone is 2. The van der Waals surface area contributed by atoms with Crippen LogP contribution in [-0.4, -0.2) is 11.5 Å². The van der Waals surface area contributed by atoms with Crippen molar-refractivity contribution in [3.05, 3.63) is 11.6 Å². The fraction of sp³-hybridized carbons (Fsp3) is 0.778. The van der Waals surface area contributed by atoms with Crippen molar-refractivity contribution in [2.24, 2.45) is 0 Å². The summed E-state index contributed by atoms with van der Waals surface area (Å²) in [7, 11) is 0. The van der Waals surface area contributed by atoms with E-state index in [0.29, 0.717) is 6.42 Å². The van der Waals surface area contributed by atoms with Gasteiger partial charge in [-0.15, -0.1) is 0 Å². The molecule has 0 radical (unpaired) electrons. The van der Waals surface area contributed by atoms with Crippen molar-refractivity contribution in [2.45, 2.75) is 38.8 Å². The molecular formula is C9H14BrF3. The molecule has 0 aliphatic carbocycles. The van der Waals surface area contributed by atoms with Gasteiger partial charge in [-0.1, -0.05) is 27.6 Å². The third kappa shape index (κ3) is 9.93. The van der Waals surface area contributed by atoms with Crippen LogP contribution in [0, 0.1) is 0 Å². The Morgan fingerprint density at radius 2 is 2.00 bits per heavy atom. The molecule has 0 nitrogen and oxygen atoms in total. The van der Waals surface area contributed by atoms with Crippen LogP contribution in [0.15, 0.2) is 11.6 Å². The Labute approximate surface area is 85.3 Å². The summed E-state index contributed by atoms with van der Waals surface area (Å²) in [4.78, 5) is 0. The van der Waals surface area contributed by atoms with Crippen molar-refractivity contribution < 1.29 is 13.2 Å². The second-order valence-corrected chi connectivity index (χ2v) is 3.79. The largest absolute Gasteiger partial charge is 0.389 e. The first-order chi connectivity index (χ1) is 5.95.